The molecular formula is C9H19NO2S. The van der Waals surface area contributed by atoms with E-state index in [-0.39, 0.29) is 10.7 Å². The summed E-state index contributed by atoms with van der Waals surface area (Å²) in [5, 5.41) is -0.116. The molecule has 0 aromatic rings. The molecule has 0 spiro atoms. The van der Waals surface area contributed by atoms with Gasteiger partial charge in [-0.05, 0) is 18.3 Å². The molecule has 0 aromatic carbocycles. The normalized spacial score (nSPS) is 19.9. The highest BCUT2D eigenvalue weighted by molar-refractivity contribution is 7.90. The van der Waals surface area contributed by atoms with Gasteiger partial charge in [-0.1, -0.05) is 27.2 Å². The first-order chi connectivity index (χ1) is 5.81. The van der Waals surface area contributed by atoms with Crippen LogP contribution in [0.15, 0.2) is 0 Å². The molecule has 1 fully saturated rings. The van der Waals surface area contributed by atoms with E-state index in [1.165, 1.54) is 0 Å². The summed E-state index contributed by atoms with van der Waals surface area (Å²) >= 11 is 0. The molecule has 1 aliphatic carbocycles. The Labute approximate surface area is 81.0 Å². The summed E-state index contributed by atoms with van der Waals surface area (Å²) < 4.78 is 25.8. The fourth-order valence-electron chi connectivity index (χ4n) is 1.12. The van der Waals surface area contributed by atoms with Gasteiger partial charge in [0, 0.05) is 6.54 Å². The fourth-order valence-corrected chi connectivity index (χ4v) is 2.94. The Morgan fingerprint density at radius 3 is 2.15 bits per heavy atom. The summed E-state index contributed by atoms with van der Waals surface area (Å²) in [4.78, 5) is 0. The Morgan fingerprint density at radius 2 is 1.85 bits per heavy atom. The van der Waals surface area contributed by atoms with Crippen molar-refractivity contribution in [3.05, 3.63) is 0 Å². The Balaban J connectivity index is 2.43. The van der Waals surface area contributed by atoms with Crippen LogP contribution in [0.1, 0.15) is 40.0 Å². The Morgan fingerprint density at radius 1 is 1.31 bits per heavy atom. The molecule has 0 aliphatic heterocycles. The molecule has 1 aliphatic rings. The van der Waals surface area contributed by atoms with Gasteiger partial charge in [0.25, 0.3) is 0 Å². The van der Waals surface area contributed by atoms with Gasteiger partial charge in [0.1, 0.15) is 0 Å². The van der Waals surface area contributed by atoms with Crippen LogP contribution in [0, 0.1) is 5.41 Å². The predicted octanol–water partition coefficient (Wildman–Crippen LogP) is 1.50. The highest BCUT2D eigenvalue weighted by Crippen LogP contribution is 2.25. The maximum absolute atomic E-state index is 11.5. The molecule has 0 atom stereocenters. The zero-order chi connectivity index (χ0) is 10.1. The lowest BCUT2D eigenvalue weighted by Crippen LogP contribution is -2.41. The average Bonchev–Trinajstić information content (AvgIpc) is 1.77. The van der Waals surface area contributed by atoms with Crippen molar-refractivity contribution >= 4 is 10.0 Å². The van der Waals surface area contributed by atoms with Gasteiger partial charge >= 0.3 is 0 Å². The Bertz CT molecular complexity index is 260. The molecule has 0 aromatic heterocycles. The minimum atomic E-state index is -3.01. The molecule has 0 bridgehead atoms. The van der Waals surface area contributed by atoms with Crippen molar-refractivity contribution in [3.8, 4) is 0 Å². The molecule has 0 heterocycles. The summed E-state index contributed by atoms with van der Waals surface area (Å²) in [6.07, 6.45) is 2.72. The molecule has 0 unspecified atom stereocenters. The van der Waals surface area contributed by atoms with Crippen LogP contribution in [0.3, 0.4) is 0 Å². The average molecular weight is 205 g/mol. The first-order valence-corrected chi connectivity index (χ1v) is 6.34. The maximum atomic E-state index is 11.5. The fraction of sp³-hybridized carbons (Fsp3) is 1.00. The number of hydrogen-bond donors (Lipinski definition) is 1. The van der Waals surface area contributed by atoms with E-state index in [0.29, 0.717) is 6.54 Å². The number of nitrogens with one attached hydrogen (secondary N) is 1. The van der Waals surface area contributed by atoms with Crippen molar-refractivity contribution in [2.75, 3.05) is 6.54 Å². The van der Waals surface area contributed by atoms with Crippen LogP contribution in [-0.2, 0) is 10.0 Å². The van der Waals surface area contributed by atoms with Gasteiger partial charge < -0.3 is 0 Å². The molecule has 1 N–H and O–H groups in total. The van der Waals surface area contributed by atoms with Gasteiger partial charge in [-0.3, -0.25) is 0 Å². The first-order valence-electron chi connectivity index (χ1n) is 4.80. The summed E-state index contributed by atoms with van der Waals surface area (Å²) in [6.45, 7) is 6.61. The van der Waals surface area contributed by atoms with Gasteiger partial charge in [-0.15, -0.1) is 0 Å². The highest BCUT2D eigenvalue weighted by atomic mass is 32.2. The highest BCUT2D eigenvalue weighted by Gasteiger charge is 2.31. The number of rotatable bonds is 3. The number of sulfonamides is 1. The van der Waals surface area contributed by atoms with Crippen molar-refractivity contribution in [3.63, 3.8) is 0 Å². The van der Waals surface area contributed by atoms with Crippen LogP contribution in [0.4, 0.5) is 0 Å². The third-order valence-electron chi connectivity index (χ3n) is 2.29. The molecular weight excluding hydrogens is 186 g/mol. The maximum Gasteiger partial charge on any atom is 0.214 e. The number of hydrogen-bond acceptors (Lipinski definition) is 2. The van der Waals surface area contributed by atoms with E-state index >= 15 is 0 Å². The molecule has 0 radical (unpaired) electrons. The van der Waals surface area contributed by atoms with Gasteiger partial charge in [0.2, 0.25) is 10.0 Å². The third-order valence-corrected chi connectivity index (χ3v) is 4.19. The molecule has 3 nitrogen and oxygen atoms in total. The standard InChI is InChI=1S/C9H19NO2S/c1-9(2,3)7-10-13(11,12)8-5-4-6-8/h8,10H,4-7H2,1-3H3. The summed E-state index contributed by atoms with van der Waals surface area (Å²) in [7, 11) is -3.01. The van der Waals surface area contributed by atoms with Crippen LogP contribution >= 0.6 is 0 Å². The molecule has 0 saturated heterocycles. The quantitative estimate of drug-likeness (QED) is 0.759. The van der Waals surface area contributed by atoms with E-state index in [1.807, 2.05) is 20.8 Å². The zero-order valence-electron chi connectivity index (χ0n) is 8.63. The van der Waals surface area contributed by atoms with Crippen molar-refractivity contribution in [2.45, 2.75) is 45.3 Å². The van der Waals surface area contributed by atoms with Crippen molar-refractivity contribution < 1.29 is 8.42 Å². The molecule has 1 saturated carbocycles. The summed E-state index contributed by atoms with van der Waals surface area (Å²) in [5.41, 5.74) is 0.0246. The van der Waals surface area contributed by atoms with E-state index in [9.17, 15) is 8.42 Å². The molecule has 4 heteroatoms. The lowest BCUT2D eigenvalue weighted by molar-refractivity contribution is 0.399. The summed E-state index contributed by atoms with van der Waals surface area (Å²) in [5.74, 6) is 0. The van der Waals surface area contributed by atoms with Crippen molar-refractivity contribution in [2.24, 2.45) is 5.41 Å². The summed E-state index contributed by atoms with van der Waals surface area (Å²) in [6, 6.07) is 0. The van der Waals surface area contributed by atoms with Crippen LogP contribution in [0.5, 0.6) is 0 Å². The van der Waals surface area contributed by atoms with Gasteiger partial charge in [0.05, 0.1) is 5.25 Å². The first kappa shape index (κ1) is 11.0. The molecule has 13 heavy (non-hydrogen) atoms. The SMILES string of the molecule is CC(C)(C)CNS(=O)(=O)C1CCC1. The molecule has 1 rings (SSSR count). The van der Waals surface area contributed by atoms with Gasteiger partial charge in [-0.25, -0.2) is 13.1 Å². The van der Waals surface area contributed by atoms with E-state index in [2.05, 4.69) is 4.72 Å². The van der Waals surface area contributed by atoms with Gasteiger partial charge in [-0.2, -0.15) is 0 Å². The monoisotopic (exact) mass is 205 g/mol. The third kappa shape index (κ3) is 3.27. The van der Waals surface area contributed by atoms with Crippen molar-refractivity contribution in [1.82, 2.24) is 4.72 Å². The second-order valence-electron chi connectivity index (χ2n) is 4.98. The Hall–Kier alpha value is -0.0900. The minimum Gasteiger partial charge on any atom is -0.214 e. The minimum absolute atomic E-state index is 0.0246. The van der Waals surface area contributed by atoms with Crippen molar-refractivity contribution in [1.29, 1.82) is 0 Å². The molecule has 0 amide bonds. The van der Waals surface area contributed by atoms with E-state index in [1.54, 1.807) is 0 Å². The lowest BCUT2D eigenvalue weighted by atomic mass is 9.98. The Kier molecular flexibility index (Phi) is 3.02. The van der Waals surface area contributed by atoms with Gasteiger partial charge in [0.15, 0.2) is 0 Å². The molecule has 78 valence electrons. The van der Waals surface area contributed by atoms with Crippen LogP contribution in [0.25, 0.3) is 0 Å². The topological polar surface area (TPSA) is 46.2 Å². The zero-order valence-corrected chi connectivity index (χ0v) is 9.45. The van der Waals surface area contributed by atoms with E-state index in [4.69, 9.17) is 0 Å². The van der Waals surface area contributed by atoms with Crippen LogP contribution < -0.4 is 4.72 Å². The van der Waals surface area contributed by atoms with Crippen LogP contribution in [0.2, 0.25) is 0 Å². The predicted molar refractivity (Wildman–Crippen MR) is 54.0 cm³/mol. The van der Waals surface area contributed by atoms with E-state index in [0.717, 1.165) is 19.3 Å². The smallest absolute Gasteiger partial charge is 0.214 e. The largest absolute Gasteiger partial charge is 0.214 e. The van der Waals surface area contributed by atoms with E-state index < -0.39 is 10.0 Å². The lowest BCUT2D eigenvalue weighted by Gasteiger charge is -2.27. The van der Waals surface area contributed by atoms with Crippen LogP contribution in [-0.4, -0.2) is 20.2 Å². The second-order valence-corrected chi connectivity index (χ2v) is 7.03. The second kappa shape index (κ2) is 3.58.